The number of nitrogens with zero attached hydrogens (tertiary/aromatic N) is 3. The second-order valence-corrected chi connectivity index (χ2v) is 20.6. The zero-order valence-corrected chi connectivity index (χ0v) is 39.0. The molecule has 0 N–H and O–H groups in total. The molecule has 3 aromatic rings. The molecule has 2 aromatic carbocycles. The van der Waals surface area contributed by atoms with Gasteiger partial charge in [-0.3, -0.25) is 23.6 Å². The fourth-order valence-corrected chi connectivity index (χ4v) is 8.86. The highest BCUT2D eigenvalue weighted by Gasteiger charge is 2.33. The summed E-state index contributed by atoms with van der Waals surface area (Å²) in [5, 5.41) is 0. The third-order valence-electron chi connectivity index (χ3n) is 11.4. The summed E-state index contributed by atoms with van der Waals surface area (Å²) in [6.07, 6.45) is 9.02. The van der Waals surface area contributed by atoms with E-state index in [1.54, 1.807) is 29.4 Å². The van der Waals surface area contributed by atoms with Crippen LogP contribution in [-0.2, 0) is 51.0 Å². The molecule has 0 radical (unpaired) electrons. The number of rotatable bonds is 18. The van der Waals surface area contributed by atoms with E-state index in [2.05, 4.69) is 4.98 Å². The molecule has 0 bridgehead atoms. The SMILES string of the molecule is Cc1ccc(S(=O)(=O)OCCOc2ccc(CCc3cncc(C(CC(=O)OC(C)(C)C)CC(=O)[C@@H]4CCCN(C(=O)CCC5CCN(C(=O)OC(C)(C)C)CC5)C4)c3)cc2)cc1. The molecule has 13 nitrogen and oxygen atoms in total. The van der Waals surface area contributed by atoms with Crippen LogP contribution in [0.25, 0.3) is 0 Å². The number of ether oxygens (including phenoxy) is 3. The number of esters is 1. The summed E-state index contributed by atoms with van der Waals surface area (Å²) in [5.41, 5.74) is 2.56. The maximum atomic E-state index is 14.0. The van der Waals surface area contributed by atoms with E-state index in [4.69, 9.17) is 18.4 Å². The van der Waals surface area contributed by atoms with Crippen LogP contribution in [0.2, 0.25) is 0 Å². The third kappa shape index (κ3) is 16.4. The second-order valence-electron chi connectivity index (χ2n) is 19.0. The van der Waals surface area contributed by atoms with Crippen LogP contribution in [0, 0.1) is 18.8 Å². The Bertz CT molecular complexity index is 2100. The number of amides is 2. The van der Waals surface area contributed by atoms with Crippen molar-refractivity contribution in [3.8, 4) is 5.75 Å². The van der Waals surface area contributed by atoms with Crippen LogP contribution in [0.15, 0.2) is 71.9 Å². The second kappa shape index (κ2) is 22.2. The lowest BCUT2D eigenvalue weighted by Gasteiger charge is -2.35. The number of likely N-dealkylation sites (tertiary alicyclic amines) is 2. The molecule has 14 heteroatoms. The summed E-state index contributed by atoms with van der Waals surface area (Å²) < 4.78 is 47.0. The first-order chi connectivity index (χ1) is 29.7. The normalized spacial score (nSPS) is 16.9. The van der Waals surface area contributed by atoms with Crippen molar-refractivity contribution in [2.45, 2.75) is 135 Å². The summed E-state index contributed by atoms with van der Waals surface area (Å²) in [6, 6.07) is 16.1. The van der Waals surface area contributed by atoms with Gasteiger partial charge in [-0.2, -0.15) is 8.42 Å². The van der Waals surface area contributed by atoms with Crippen molar-refractivity contribution in [2.75, 3.05) is 39.4 Å². The number of ketones is 1. The maximum Gasteiger partial charge on any atom is 0.410 e. The van der Waals surface area contributed by atoms with Crippen molar-refractivity contribution in [3.63, 3.8) is 0 Å². The number of hydrogen-bond donors (Lipinski definition) is 0. The Hall–Kier alpha value is -4.82. The van der Waals surface area contributed by atoms with Crippen molar-refractivity contribution >= 4 is 33.9 Å². The summed E-state index contributed by atoms with van der Waals surface area (Å²) >= 11 is 0. The highest BCUT2D eigenvalue weighted by molar-refractivity contribution is 7.86. The molecule has 0 spiro atoms. The van der Waals surface area contributed by atoms with E-state index in [1.807, 2.05) is 83.7 Å². The average Bonchev–Trinajstić information content (AvgIpc) is 3.23. The van der Waals surface area contributed by atoms with Gasteiger partial charge in [0, 0.05) is 63.3 Å². The van der Waals surface area contributed by atoms with E-state index in [9.17, 15) is 27.6 Å². The summed E-state index contributed by atoms with van der Waals surface area (Å²) in [4.78, 5) is 61.3. The van der Waals surface area contributed by atoms with Gasteiger partial charge in [0.15, 0.2) is 0 Å². The minimum atomic E-state index is -3.87. The van der Waals surface area contributed by atoms with E-state index >= 15 is 0 Å². The van der Waals surface area contributed by atoms with Gasteiger partial charge in [-0.25, -0.2) is 4.79 Å². The molecule has 2 saturated heterocycles. The fourth-order valence-electron chi connectivity index (χ4n) is 7.97. The molecular formula is C49H67N3O10S. The molecule has 5 rings (SSSR count). The highest BCUT2D eigenvalue weighted by Crippen LogP contribution is 2.31. The van der Waals surface area contributed by atoms with E-state index in [0.717, 1.165) is 47.9 Å². The summed E-state index contributed by atoms with van der Waals surface area (Å²) in [6.45, 7) is 15.1. The van der Waals surface area contributed by atoms with Gasteiger partial charge in [0.2, 0.25) is 5.91 Å². The lowest BCUT2D eigenvalue weighted by Crippen LogP contribution is -2.43. The smallest absolute Gasteiger partial charge is 0.410 e. The van der Waals surface area contributed by atoms with Gasteiger partial charge >= 0.3 is 12.1 Å². The van der Waals surface area contributed by atoms with Gasteiger partial charge in [-0.15, -0.1) is 0 Å². The van der Waals surface area contributed by atoms with Crippen LogP contribution in [0.1, 0.15) is 121 Å². The van der Waals surface area contributed by atoms with Gasteiger partial charge in [-0.05, 0) is 140 Å². The maximum absolute atomic E-state index is 14.0. The van der Waals surface area contributed by atoms with Gasteiger partial charge in [0.25, 0.3) is 10.1 Å². The molecule has 63 heavy (non-hydrogen) atoms. The molecule has 0 aliphatic carbocycles. The average molecular weight is 890 g/mol. The standard InChI is InChI=1S/C49H67N3O10S/c1-35-10-19-43(20-11-35)63(57,58)60-28-27-59-42-17-14-36(15-18-42)12-13-38-29-41(33-50-32-38)40(31-46(55)61-48(2,3)4)30-44(53)39-9-8-24-52(34-39)45(54)21-16-37-22-25-51(26-23-37)47(56)62-49(5,6)7/h10-11,14-15,17-20,29,32-33,37,39-40H,8-9,12-13,16,21-28,30-31,34H2,1-7H3/t39-,40?/m1/s1. The van der Waals surface area contributed by atoms with Crippen molar-refractivity contribution in [1.82, 2.24) is 14.8 Å². The number of aromatic nitrogens is 1. The van der Waals surface area contributed by atoms with E-state index in [0.29, 0.717) is 63.5 Å². The van der Waals surface area contributed by atoms with Crippen LogP contribution in [0.5, 0.6) is 5.75 Å². The lowest BCUT2D eigenvalue weighted by atomic mass is 9.84. The van der Waals surface area contributed by atoms with Crippen molar-refractivity contribution in [3.05, 3.63) is 89.2 Å². The summed E-state index contributed by atoms with van der Waals surface area (Å²) in [5.74, 6) is -0.109. The van der Waals surface area contributed by atoms with Crippen molar-refractivity contribution in [2.24, 2.45) is 11.8 Å². The molecule has 2 fully saturated rings. The monoisotopic (exact) mass is 889 g/mol. The molecule has 2 atom stereocenters. The van der Waals surface area contributed by atoms with Crippen molar-refractivity contribution in [1.29, 1.82) is 0 Å². The van der Waals surface area contributed by atoms with Gasteiger partial charge in [-0.1, -0.05) is 35.9 Å². The quantitative estimate of drug-likeness (QED) is 0.0686. The predicted molar refractivity (Wildman–Crippen MR) is 240 cm³/mol. The number of Topliss-reactive ketones (excluding diaryl/α,β-unsaturated/α-hetero) is 1. The Kier molecular flexibility index (Phi) is 17.3. The van der Waals surface area contributed by atoms with E-state index in [1.165, 1.54) is 12.1 Å². The number of benzene rings is 2. The fraction of sp³-hybridized carbons (Fsp3) is 0.571. The zero-order valence-electron chi connectivity index (χ0n) is 38.2. The number of pyridine rings is 1. The molecule has 344 valence electrons. The largest absolute Gasteiger partial charge is 0.491 e. The number of piperidine rings is 2. The van der Waals surface area contributed by atoms with Gasteiger partial charge in [0.1, 0.15) is 35.9 Å². The topological polar surface area (TPSA) is 159 Å². The Morgan fingerprint density at radius 2 is 1.44 bits per heavy atom. The van der Waals surface area contributed by atoms with E-state index in [-0.39, 0.29) is 60.6 Å². The number of hydrogen-bond acceptors (Lipinski definition) is 11. The van der Waals surface area contributed by atoms with Crippen LogP contribution < -0.4 is 4.74 Å². The molecule has 2 amide bonds. The lowest BCUT2D eigenvalue weighted by molar-refractivity contribution is -0.155. The Balaban J connectivity index is 1.12. The van der Waals surface area contributed by atoms with Crippen molar-refractivity contribution < 1.29 is 46.0 Å². The van der Waals surface area contributed by atoms with Crippen LogP contribution in [-0.4, -0.2) is 97.5 Å². The number of carbonyl (C=O) groups is 4. The molecule has 2 aliphatic heterocycles. The van der Waals surface area contributed by atoms with Crippen LogP contribution in [0.3, 0.4) is 0 Å². The minimum absolute atomic E-state index is 0.0284. The molecule has 0 saturated carbocycles. The molecule has 1 unspecified atom stereocenters. The van der Waals surface area contributed by atoms with Gasteiger partial charge in [0.05, 0.1) is 11.3 Å². The first-order valence-electron chi connectivity index (χ1n) is 22.3. The van der Waals surface area contributed by atoms with E-state index < -0.39 is 27.2 Å². The number of carbonyl (C=O) groups excluding carboxylic acids is 4. The minimum Gasteiger partial charge on any atom is -0.491 e. The van der Waals surface area contributed by atoms with Crippen LogP contribution >= 0.6 is 0 Å². The Morgan fingerprint density at radius 3 is 2.11 bits per heavy atom. The van der Waals surface area contributed by atoms with Gasteiger partial charge < -0.3 is 24.0 Å². The Labute approximate surface area is 374 Å². The highest BCUT2D eigenvalue weighted by atomic mass is 32.2. The summed E-state index contributed by atoms with van der Waals surface area (Å²) in [7, 11) is -3.87. The van der Waals surface area contributed by atoms with Crippen LogP contribution in [0.4, 0.5) is 4.79 Å². The molecular weight excluding hydrogens is 823 g/mol. The molecule has 3 heterocycles. The first kappa shape index (κ1) is 49.2. The predicted octanol–water partition coefficient (Wildman–Crippen LogP) is 8.40. The Morgan fingerprint density at radius 1 is 0.778 bits per heavy atom. The number of aryl methyl sites for hydroxylation is 3. The molecule has 2 aliphatic rings. The first-order valence-corrected chi connectivity index (χ1v) is 23.8. The zero-order chi connectivity index (χ0) is 45.8. The third-order valence-corrected chi connectivity index (χ3v) is 12.7. The molecule has 1 aromatic heterocycles.